The van der Waals surface area contributed by atoms with Crippen LogP contribution < -0.4 is 5.73 Å². The van der Waals surface area contributed by atoms with Gasteiger partial charge < -0.3 is 10.6 Å². The van der Waals surface area contributed by atoms with Gasteiger partial charge in [-0.1, -0.05) is 12.8 Å². The molecule has 0 heterocycles. The lowest BCUT2D eigenvalue weighted by Gasteiger charge is -2.33. The normalized spacial score (nSPS) is 29.0. The Bertz CT molecular complexity index is 109. The first-order valence-electron chi connectivity index (χ1n) is 4.14. The van der Waals surface area contributed by atoms with Crippen molar-refractivity contribution in [1.29, 1.82) is 0 Å². The molecule has 1 saturated carbocycles. The summed E-state index contributed by atoms with van der Waals surface area (Å²) in [6.07, 6.45) is 5.18. The fourth-order valence-electron chi connectivity index (χ4n) is 1.78. The number of hydrogen-bond donors (Lipinski definition) is 1. The number of halogens is 2. The highest BCUT2D eigenvalue weighted by Crippen LogP contribution is 2.19. The quantitative estimate of drug-likeness (QED) is 0.720. The van der Waals surface area contributed by atoms with Gasteiger partial charge in [0, 0.05) is 12.1 Å². The van der Waals surface area contributed by atoms with Crippen molar-refractivity contribution in [2.45, 2.75) is 37.8 Å². The maximum atomic E-state index is 5.94. The largest absolute Gasteiger partial charge is 0.326 e. The number of nitrogens with two attached hydrogens (primary N) is 1. The summed E-state index contributed by atoms with van der Waals surface area (Å²) in [5.41, 5.74) is 5.94. The third-order valence-corrected chi connectivity index (χ3v) is 2.44. The first kappa shape index (κ1) is 15.0. The fraction of sp³-hybridized carbons (Fsp3) is 1.00. The third kappa shape index (κ3) is 3.94. The van der Waals surface area contributed by atoms with Crippen molar-refractivity contribution in [2.75, 3.05) is 14.1 Å². The van der Waals surface area contributed by atoms with Crippen LogP contribution in [0.5, 0.6) is 0 Å². The van der Waals surface area contributed by atoms with E-state index in [1.54, 1.807) is 0 Å². The average Bonchev–Trinajstić information content (AvgIpc) is 1.88. The number of rotatable bonds is 1. The molecule has 4 heteroatoms. The molecule has 2 N–H and O–H groups in total. The van der Waals surface area contributed by atoms with Gasteiger partial charge in [-0.05, 0) is 26.9 Å². The SMILES string of the molecule is CN(C)C1CCCCC1N.Cl.Cl. The molecule has 0 amide bonds. The van der Waals surface area contributed by atoms with Crippen molar-refractivity contribution < 1.29 is 0 Å². The highest BCUT2D eigenvalue weighted by atomic mass is 35.5. The maximum Gasteiger partial charge on any atom is 0.0241 e. The van der Waals surface area contributed by atoms with Gasteiger partial charge in [-0.25, -0.2) is 0 Å². The van der Waals surface area contributed by atoms with Crippen LogP contribution in [-0.2, 0) is 0 Å². The second-order valence-electron chi connectivity index (χ2n) is 3.48. The van der Waals surface area contributed by atoms with Crippen molar-refractivity contribution in [3.8, 4) is 0 Å². The van der Waals surface area contributed by atoms with Gasteiger partial charge in [0.1, 0.15) is 0 Å². The van der Waals surface area contributed by atoms with Crippen LogP contribution in [0.15, 0.2) is 0 Å². The zero-order valence-electron chi connectivity index (χ0n) is 7.82. The van der Waals surface area contributed by atoms with Crippen LogP contribution in [0.1, 0.15) is 25.7 Å². The second-order valence-corrected chi connectivity index (χ2v) is 3.48. The minimum absolute atomic E-state index is 0. The summed E-state index contributed by atoms with van der Waals surface area (Å²) in [5.74, 6) is 0. The summed E-state index contributed by atoms with van der Waals surface area (Å²) < 4.78 is 0. The molecule has 0 saturated heterocycles. The zero-order valence-corrected chi connectivity index (χ0v) is 9.46. The summed E-state index contributed by atoms with van der Waals surface area (Å²) in [7, 11) is 4.24. The lowest BCUT2D eigenvalue weighted by Crippen LogP contribution is -2.46. The van der Waals surface area contributed by atoms with Gasteiger partial charge in [-0.3, -0.25) is 0 Å². The minimum atomic E-state index is 0. The van der Waals surface area contributed by atoms with E-state index in [0.717, 1.165) is 0 Å². The van der Waals surface area contributed by atoms with E-state index in [0.29, 0.717) is 12.1 Å². The Labute approximate surface area is 87.7 Å². The van der Waals surface area contributed by atoms with Gasteiger partial charge in [0.25, 0.3) is 0 Å². The molecule has 0 bridgehead atoms. The summed E-state index contributed by atoms with van der Waals surface area (Å²) in [5, 5.41) is 0. The van der Waals surface area contributed by atoms with Gasteiger partial charge in [0.2, 0.25) is 0 Å². The van der Waals surface area contributed by atoms with E-state index < -0.39 is 0 Å². The molecule has 2 unspecified atom stereocenters. The number of hydrogen-bond acceptors (Lipinski definition) is 2. The van der Waals surface area contributed by atoms with Gasteiger partial charge in [0.05, 0.1) is 0 Å². The average molecular weight is 215 g/mol. The standard InChI is InChI=1S/C8H18N2.2ClH/c1-10(2)8-6-4-3-5-7(8)9;;/h7-8H,3-6,9H2,1-2H3;2*1H. The molecule has 0 aliphatic heterocycles. The van der Waals surface area contributed by atoms with E-state index in [-0.39, 0.29) is 24.8 Å². The monoisotopic (exact) mass is 214 g/mol. The highest BCUT2D eigenvalue weighted by Gasteiger charge is 2.22. The molecule has 0 aromatic heterocycles. The lowest BCUT2D eigenvalue weighted by atomic mass is 9.90. The molecule has 1 aliphatic rings. The molecule has 0 aromatic carbocycles. The molecule has 1 fully saturated rings. The van der Waals surface area contributed by atoms with Crippen LogP contribution in [0.25, 0.3) is 0 Å². The Morgan fingerprint density at radius 3 is 1.92 bits per heavy atom. The summed E-state index contributed by atoms with van der Waals surface area (Å²) in [4.78, 5) is 2.25. The highest BCUT2D eigenvalue weighted by molar-refractivity contribution is 5.85. The maximum absolute atomic E-state index is 5.94. The van der Waals surface area contributed by atoms with Crippen molar-refractivity contribution in [3.63, 3.8) is 0 Å². The van der Waals surface area contributed by atoms with E-state index in [4.69, 9.17) is 5.73 Å². The molecule has 2 atom stereocenters. The van der Waals surface area contributed by atoms with Crippen LogP contribution in [0.3, 0.4) is 0 Å². The van der Waals surface area contributed by atoms with Crippen LogP contribution >= 0.6 is 24.8 Å². The molecule has 76 valence electrons. The minimum Gasteiger partial charge on any atom is -0.326 e. The zero-order chi connectivity index (χ0) is 7.56. The Balaban J connectivity index is 0. The fourth-order valence-corrected chi connectivity index (χ4v) is 1.78. The predicted octanol–water partition coefficient (Wildman–Crippen LogP) is 1.66. The van der Waals surface area contributed by atoms with Crippen LogP contribution in [0.2, 0.25) is 0 Å². The first-order chi connectivity index (χ1) is 4.72. The number of nitrogens with zero attached hydrogens (tertiary/aromatic N) is 1. The van der Waals surface area contributed by atoms with E-state index in [1.165, 1.54) is 25.7 Å². The molecule has 0 radical (unpaired) electrons. The lowest BCUT2D eigenvalue weighted by molar-refractivity contribution is 0.201. The predicted molar refractivity (Wildman–Crippen MR) is 58.4 cm³/mol. The van der Waals surface area contributed by atoms with Crippen molar-refractivity contribution in [2.24, 2.45) is 5.73 Å². The van der Waals surface area contributed by atoms with Gasteiger partial charge in [-0.15, -0.1) is 24.8 Å². The Morgan fingerprint density at radius 1 is 1.08 bits per heavy atom. The molecule has 1 rings (SSSR count). The van der Waals surface area contributed by atoms with Gasteiger partial charge >= 0.3 is 0 Å². The van der Waals surface area contributed by atoms with Gasteiger partial charge in [-0.2, -0.15) is 0 Å². The first-order valence-corrected chi connectivity index (χ1v) is 4.14. The second kappa shape index (κ2) is 6.96. The van der Waals surface area contributed by atoms with E-state index in [9.17, 15) is 0 Å². The molecular formula is C8H20Cl2N2. The third-order valence-electron chi connectivity index (χ3n) is 2.44. The molecule has 12 heavy (non-hydrogen) atoms. The molecule has 1 aliphatic carbocycles. The molecule has 0 spiro atoms. The summed E-state index contributed by atoms with van der Waals surface area (Å²) >= 11 is 0. The van der Waals surface area contributed by atoms with Crippen molar-refractivity contribution >= 4 is 24.8 Å². The smallest absolute Gasteiger partial charge is 0.0241 e. The molecule has 0 aromatic rings. The van der Waals surface area contributed by atoms with Crippen LogP contribution in [0.4, 0.5) is 0 Å². The summed E-state index contributed by atoms with van der Waals surface area (Å²) in [6, 6.07) is 1.05. The Morgan fingerprint density at radius 2 is 1.58 bits per heavy atom. The molecule has 2 nitrogen and oxygen atoms in total. The summed E-state index contributed by atoms with van der Waals surface area (Å²) in [6.45, 7) is 0. The Kier molecular flexibility index (Phi) is 8.69. The van der Waals surface area contributed by atoms with Crippen molar-refractivity contribution in [1.82, 2.24) is 4.90 Å². The van der Waals surface area contributed by atoms with E-state index >= 15 is 0 Å². The number of likely N-dealkylation sites (N-methyl/N-ethyl adjacent to an activating group) is 1. The van der Waals surface area contributed by atoms with Crippen molar-refractivity contribution in [3.05, 3.63) is 0 Å². The topological polar surface area (TPSA) is 29.3 Å². The van der Waals surface area contributed by atoms with Crippen LogP contribution in [0, 0.1) is 0 Å². The molecular weight excluding hydrogens is 195 g/mol. The van der Waals surface area contributed by atoms with E-state index in [2.05, 4.69) is 19.0 Å². The van der Waals surface area contributed by atoms with E-state index in [1.807, 2.05) is 0 Å². The van der Waals surface area contributed by atoms with Gasteiger partial charge in [0.15, 0.2) is 0 Å². The van der Waals surface area contributed by atoms with Crippen LogP contribution in [-0.4, -0.2) is 31.1 Å². The Hall–Kier alpha value is 0.500.